The molecule has 1 aliphatic rings. The van der Waals surface area contributed by atoms with Crippen LogP contribution in [0.1, 0.15) is 11.6 Å². The van der Waals surface area contributed by atoms with Crippen molar-refractivity contribution >= 4 is 24.8 Å². The molecule has 1 N–H and O–H groups in total. The largest absolute Gasteiger partial charge is 0.496 e. The SMILES string of the molecule is COc1cccc(F)c1[C@@H](N1CCNCC1)C(F)(F)F.Cl.Cl. The van der Waals surface area contributed by atoms with E-state index in [0.717, 1.165) is 6.07 Å². The third-order valence-corrected chi connectivity index (χ3v) is 3.33. The van der Waals surface area contributed by atoms with Crippen molar-refractivity contribution in [2.75, 3.05) is 33.3 Å². The third kappa shape index (κ3) is 4.62. The molecule has 0 aliphatic carbocycles. The highest BCUT2D eigenvalue weighted by molar-refractivity contribution is 5.85. The van der Waals surface area contributed by atoms with Gasteiger partial charge in [-0.25, -0.2) is 4.39 Å². The molecule has 9 heteroatoms. The Kier molecular flexibility index (Phi) is 8.46. The van der Waals surface area contributed by atoms with E-state index in [2.05, 4.69) is 5.32 Å². The van der Waals surface area contributed by atoms with Gasteiger partial charge in [0.1, 0.15) is 17.6 Å². The molecular weight excluding hydrogens is 347 g/mol. The Morgan fingerprint density at radius 1 is 1.18 bits per heavy atom. The highest BCUT2D eigenvalue weighted by Gasteiger charge is 2.47. The Hall–Kier alpha value is -0.760. The molecule has 0 aromatic heterocycles. The van der Waals surface area contributed by atoms with Gasteiger partial charge in [0.05, 0.1) is 12.7 Å². The first-order chi connectivity index (χ1) is 9.45. The van der Waals surface area contributed by atoms with Crippen molar-refractivity contribution in [3.8, 4) is 5.75 Å². The molecule has 1 fully saturated rings. The number of nitrogens with one attached hydrogen (secondary N) is 1. The van der Waals surface area contributed by atoms with E-state index in [-0.39, 0.29) is 43.7 Å². The summed E-state index contributed by atoms with van der Waals surface area (Å²) in [5.41, 5.74) is -0.440. The molecule has 3 nitrogen and oxygen atoms in total. The summed E-state index contributed by atoms with van der Waals surface area (Å²) in [4.78, 5) is 1.23. The third-order valence-electron chi connectivity index (χ3n) is 3.33. The number of halogens is 6. The first-order valence-corrected chi connectivity index (χ1v) is 6.29. The van der Waals surface area contributed by atoms with Crippen molar-refractivity contribution < 1.29 is 22.3 Å². The highest BCUT2D eigenvalue weighted by atomic mass is 35.5. The predicted octanol–water partition coefficient (Wildman–Crippen LogP) is 3.19. The number of ether oxygens (including phenoxy) is 1. The Labute approximate surface area is 138 Å². The van der Waals surface area contributed by atoms with Crippen LogP contribution in [0.15, 0.2) is 18.2 Å². The van der Waals surface area contributed by atoms with Crippen molar-refractivity contribution in [1.29, 1.82) is 0 Å². The van der Waals surface area contributed by atoms with Gasteiger partial charge in [-0.2, -0.15) is 13.2 Å². The predicted molar refractivity (Wildman–Crippen MR) is 80.7 cm³/mol. The second-order valence-electron chi connectivity index (χ2n) is 4.59. The van der Waals surface area contributed by atoms with E-state index in [1.54, 1.807) is 0 Å². The number of benzene rings is 1. The Morgan fingerprint density at radius 2 is 1.77 bits per heavy atom. The zero-order valence-corrected chi connectivity index (χ0v) is 13.5. The molecule has 1 aromatic rings. The van der Waals surface area contributed by atoms with Crippen LogP contribution < -0.4 is 10.1 Å². The lowest BCUT2D eigenvalue weighted by Gasteiger charge is -2.36. The van der Waals surface area contributed by atoms with Crippen LogP contribution in [-0.2, 0) is 0 Å². The maximum absolute atomic E-state index is 14.0. The zero-order valence-electron chi connectivity index (χ0n) is 11.8. The summed E-state index contributed by atoms with van der Waals surface area (Å²) in [6.45, 7) is 1.32. The fourth-order valence-corrected chi connectivity index (χ4v) is 2.45. The normalized spacial score (nSPS) is 17.1. The fourth-order valence-electron chi connectivity index (χ4n) is 2.45. The quantitative estimate of drug-likeness (QED) is 0.833. The molecule has 1 aromatic carbocycles. The van der Waals surface area contributed by atoms with Gasteiger partial charge in [-0.3, -0.25) is 4.90 Å². The number of hydrogen-bond acceptors (Lipinski definition) is 3. The Bertz CT molecular complexity index is 468. The summed E-state index contributed by atoms with van der Waals surface area (Å²) in [6, 6.07) is 1.72. The maximum Gasteiger partial charge on any atom is 0.408 e. The number of hydrogen-bond donors (Lipinski definition) is 1. The molecule has 22 heavy (non-hydrogen) atoms. The topological polar surface area (TPSA) is 24.5 Å². The van der Waals surface area contributed by atoms with E-state index in [9.17, 15) is 17.6 Å². The summed E-state index contributed by atoms with van der Waals surface area (Å²) in [6.07, 6.45) is -4.56. The lowest BCUT2D eigenvalue weighted by molar-refractivity contribution is -0.189. The van der Waals surface area contributed by atoms with E-state index >= 15 is 0 Å². The maximum atomic E-state index is 14.0. The summed E-state index contributed by atoms with van der Waals surface area (Å²) < 4.78 is 59.1. The van der Waals surface area contributed by atoms with Gasteiger partial charge in [-0.1, -0.05) is 6.07 Å². The molecular formula is C13H18Cl2F4N2O. The van der Waals surface area contributed by atoms with E-state index in [0.29, 0.717) is 13.1 Å². The van der Waals surface area contributed by atoms with Crippen LogP contribution >= 0.6 is 24.8 Å². The molecule has 1 aliphatic heterocycles. The molecule has 0 radical (unpaired) electrons. The van der Waals surface area contributed by atoms with Crippen LogP contribution in [-0.4, -0.2) is 44.4 Å². The molecule has 0 bridgehead atoms. The summed E-state index contributed by atoms with van der Waals surface area (Å²) in [7, 11) is 1.24. The van der Waals surface area contributed by atoms with Crippen molar-refractivity contribution in [3.63, 3.8) is 0 Å². The lowest BCUT2D eigenvalue weighted by atomic mass is 10.0. The summed E-state index contributed by atoms with van der Waals surface area (Å²) >= 11 is 0. The first-order valence-electron chi connectivity index (χ1n) is 6.29. The van der Waals surface area contributed by atoms with Crippen LogP contribution in [0.25, 0.3) is 0 Å². The molecule has 0 spiro atoms. The van der Waals surface area contributed by atoms with E-state index in [1.165, 1.54) is 24.1 Å². The molecule has 0 amide bonds. The van der Waals surface area contributed by atoms with Crippen LogP contribution in [0.3, 0.4) is 0 Å². The van der Waals surface area contributed by atoms with Gasteiger partial charge in [0.25, 0.3) is 0 Å². The molecule has 1 atom stereocenters. The molecule has 1 saturated heterocycles. The lowest BCUT2D eigenvalue weighted by Crippen LogP contribution is -2.49. The van der Waals surface area contributed by atoms with Crippen molar-refractivity contribution in [3.05, 3.63) is 29.6 Å². The van der Waals surface area contributed by atoms with Gasteiger partial charge in [0.2, 0.25) is 0 Å². The van der Waals surface area contributed by atoms with Gasteiger partial charge in [0.15, 0.2) is 0 Å². The standard InChI is InChI=1S/C13H16F4N2O.2ClH/c1-20-10-4-2-3-9(14)11(10)12(13(15,16)17)19-7-5-18-6-8-19;;/h2-4,12,18H,5-8H2,1H3;2*1H/t12-;;/m1../s1. The molecule has 0 saturated carbocycles. The fraction of sp³-hybridized carbons (Fsp3) is 0.538. The van der Waals surface area contributed by atoms with Crippen LogP contribution in [0, 0.1) is 5.82 Å². The number of alkyl halides is 3. The minimum absolute atomic E-state index is 0. The van der Waals surface area contributed by atoms with Gasteiger partial charge >= 0.3 is 6.18 Å². The van der Waals surface area contributed by atoms with E-state index in [1.807, 2.05) is 0 Å². The number of nitrogens with zero attached hydrogens (tertiary/aromatic N) is 1. The van der Waals surface area contributed by atoms with Gasteiger partial charge in [-0.15, -0.1) is 24.8 Å². The average molecular weight is 365 g/mol. The Balaban J connectivity index is 0.00000220. The van der Waals surface area contributed by atoms with Crippen LogP contribution in [0.4, 0.5) is 17.6 Å². The van der Waals surface area contributed by atoms with Crippen LogP contribution in [0.2, 0.25) is 0 Å². The van der Waals surface area contributed by atoms with E-state index < -0.39 is 23.6 Å². The monoisotopic (exact) mass is 364 g/mol. The van der Waals surface area contributed by atoms with Crippen molar-refractivity contribution in [2.45, 2.75) is 12.2 Å². The summed E-state index contributed by atoms with van der Waals surface area (Å²) in [5.74, 6) is -0.976. The number of piperazine rings is 1. The molecule has 1 heterocycles. The molecule has 2 rings (SSSR count). The second kappa shape index (κ2) is 8.76. The summed E-state index contributed by atoms with van der Waals surface area (Å²) in [5, 5.41) is 2.98. The van der Waals surface area contributed by atoms with Crippen molar-refractivity contribution in [1.82, 2.24) is 10.2 Å². The molecule has 0 unspecified atom stereocenters. The second-order valence-corrected chi connectivity index (χ2v) is 4.59. The van der Waals surface area contributed by atoms with E-state index in [4.69, 9.17) is 4.74 Å². The number of methoxy groups -OCH3 is 1. The molecule has 128 valence electrons. The minimum atomic E-state index is -4.56. The first kappa shape index (κ1) is 21.2. The number of rotatable bonds is 3. The zero-order chi connectivity index (χ0) is 14.8. The highest BCUT2D eigenvalue weighted by Crippen LogP contribution is 2.42. The van der Waals surface area contributed by atoms with Crippen molar-refractivity contribution in [2.24, 2.45) is 0 Å². The van der Waals surface area contributed by atoms with Gasteiger partial charge in [0, 0.05) is 26.2 Å². The van der Waals surface area contributed by atoms with Gasteiger partial charge < -0.3 is 10.1 Å². The minimum Gasteiger partial charge on any atom is -0.496 e. The Morgan fingerprint density at radius 3 is 2.27 bits per heavy atom. The average Bonchev–Trinajstić information content (AvgIpc) is 2.40. The smallest absolute Gasteiger partial charge is 0.408 e. The van der Waals surface area contributed by atoms with Crippen LogP contribution in [0.5, 0.6) is 5.75 Å². The van der Waals surface area contributed by atoms with Gasteiger partial charge in [-0.05, 0) is 12.1 Å².